The highest BCUT2D eigenvalue weighted by Gasteiger charge is 2.13. The Morgan fingerprint density at radius 3 is 2.65 bits per heavy atom. The third-order valence-corrected chi connectivity index (χ3v) is 4.40. The quantitative estimate of drug-likeness (QED) is 0.582. The Hall–Kier alpha value is -2.92. The maximum Gasteiger partial charge on any atom is 0.275 e. The fourth-order valence-corrected chi connectivity index (χ4v) is 3.18. The predicted molar refractivity (Wildman–Crippen MR) is 93.8 cm³/mol. The average molecular weight is 319 g/mol. The van der Waals surface area contributed by atoms with Gasteiger partial charge in [-0.3, -0.25) is 4.79 Å². The van der Waals surface area contributed by atoms with Gasteiger partial charge in [0.05, 0.1) is 5.69 Å². The lowest BCUT2D eigenvalue weighted by Gasteiger charge is -2.01. The van der Waals surface area contributed by atoms with Crippen molar-refractivity contribution in [3.05, 3.63) is 71.7 Å². The number of aromatic nitrogens is 2. The van der Waals surface area contributed by atoms with Crippen molar-refractivity contribution in [3.63, 3.8) is 0 Å². The molecule has 1 amide bonds. The molecule has 4 rings (SSSR count). The van der Waals surface area contributed by atoms with Gasteiger partial charge in [0, 0.05) is 22.0 Å². The fraction of sp³-hybridized carbons (Fsp3) is 0. The molecule has 0 fully saturated rings. The molecule has 0 aliphatic rings. The summed E-state index contributed by atoms with van der Waals surface area (Å²) in [6.45, 7) is 0. The number of hydrogen-bond donors (Lipinski definition) is 2. The van der Waals surface area contributed by atoms with E-state index in [4.69, 9.17) is 0 Å². The summed E-state index contributed by atoms with van der Waals surface area (Å²) in [4.78, 5) is 20.0. The van der Waals surface area contributed by atoms with Crippen LogP contribution >= 0.6 is 11.3 Å². The van der Waals surface area contributed by atoms with E-state index in [0.29, 0.717) is 5.69 Å². The third kappa shape index (κ3) is 2.74. The Bertz CT molecular complexity index is 939. The monoisotopic (exact) mass is 319 g/mol. The minimum Gasteiger partial charge on any atom is -0.353 e. The van der Waals surface area contributed by atoms with E-state index in [-0.39, 0.29) is 5.91 Å². The zero-order valence-electron chi connectivity index (χ0n) is 12.1. The maximum atomic E-state index is 12.3. The summed E-state index contributed by atoms with van der Waals surface area (Å²) < 4.78 is 0. The molecule has 2 aromatic heterocycles. The highest BCUT2D eigenvalue weighted by molar-refractivity contribution is 7.13. The first-order valence-electron chi connectivity index (χ1n) is 7.20. The van der Waals surface area contributed by atoms with E-state index in [2.05, 4.69) is 15.3 Å². The molecule has 2 aromatic carbocycles. The molecule has 2 N–H and O–H groups in total. The average Bonchev–Trinajstić information content (AvgIpc) is 3.22. The number of thiazole rings is 1. The summed E-state index contributed by atoms with van der Waals surface area (Å²) in [6, 6.07) is 19.5. The minimum atomic E-state index is -0.199. The third-order valence-electron chi connectivity index (χ3n) is 3.53. The number of amides is 1. The zero-order valence-corrected chi connectivity index (χ0v) is 12.9. The van der Waals surface area contributed by atoms with Crippen molar-refractivity contribution in [2.24, 2.45) is 0 Å². The number of H-pyrrole nitrogens is 1. The Morgan fingerprint density at radius 2 is 1.83 bits per heavy atom. The van der Waals surface area contributed by atoms with Crippen molar-refractivity contribution >= 4 is 33.8 Å². The van der Waals surface area contributed by atoms with Crippen molar-refractivity contribution < 1.29 is 4.79 Å². The van der Waals surface area contributed by atoms with Crippen LogP contribution < -0.4 is 5.32 Å². The molecule has 0 spiro atoms. The lowest BCUT2D eigenvalue weighted by atomic mass is 10.2. The second-order valence-corrected chi connectivity index (χ2v) is 5.99. The number of nitrogens with zero attached hydrogens (tertiary/aromatic N) is 1. The van der Waals surface area contributed by atoms with Gasteiger partial charge in [-0.1, -0.05) is 36.4 Å². The summed E-state index contributed by atoms with van der Waals surface area (Å²) in [5.74, 6) is -0.199. The molecule has 0 atom stereocenters. The van der Waals surface area contributed by atoms with E-state index < -0.39 is 0 Å². The number of hydrogen-bond acceptors (Lipinski definition) is 3. The molecule has 2 heterocycles. The molecule has 4 aromatic rings. The lowest BCUT2D eigenvalue weighted by Crippen LogP contribution is -2.12. The van der Waals surface area contributed by atoms with E-state index in [9.17, 15) is 4.79 Å². The summed E-state index contributed by atoms with van der Waals surface area (Å²) in [6.07, 6.45) is 0. The molecule has 5 heteroatoms. The molecule has 0 saturated carbocycles. The van der Waals surface area contributed by atoms with Crippen LogP contribution in [0.25, 0.3) is 21.6 Å². The van der Waals surface area contributed by atoms with Crippen molar-refractivity contribution in [3.8, 4) is 10.7 Å². The Morgan fingerprint density at radius 1 is 1.04 bits per heavy atom. The number of para-hydroxylation sites is 2. The number of carbonyl (C=O) groups excluding carboxylic acids is 1. The van der Waals surface area contributed by atoms with E-state index in [1.807, 2.05) is 60.7 Å². The van der Waals surface area contributed by atoms with Gasteiger partial charge < -0.3 is 10.3 Å². The molecule has 0 saturated heterocycles. The standard InChI is InChI=1S/C18H13N3OS/c22-17(19-13-7-2-1-3-8-13)16-11-23-18(21-16)15-10-12-6-4-5-9-14(12)20-15/h1-11,20H,(H,19,22). The molecule has 0 unspecified atom stereocenters. The second kappa shape index (κ2) is 5.70. The van der Waals surface area contributed by atoms with Crippen LogP contribution in [0.3, 0.4) is 0 Å². The van der Waals surface area contributed by atoms with Crippen molar-refractivity contribution in [2.75, 3.05) is 5.32 Å². The van der Waals surface area contributed by atoms with Crippen molar-refractivity contribution in [1.82, 2.24) is 9.97 Å². The van der Waals surface area contributed by atoms with Gasteiger partial charge in [-0.05, 0) is 24.3 Å². The summed E-state index contributed by atoms with van der Waals surface area (Å²) in [5, 5.41) is 6.56. The number of rotatable bonds is 3. The van der Waals surface area contributed by atoms with E-state index in [1.54, 1.807) is 5.38 Å². The van der Waals surface area contributed by atoms with Gasteiger partial charge in [-0.15, -0.1) is 11.3 Å². The van der Waals surface area contributed by atoms with Crippen LogP contribution in [0.15, 0.2) is 66.0 Å². The molecule has 112 valence electrons. The lowest BCUT2D eigenvalue weighted by molar-refractivity contribution is 0.102. The van der Waals surface area contributed by atoms with Crippen LogP contribution in [0, 0.1) is 0 Å². The molecule has 0 radical (unpaired) electrons. The molecule has 0 aliphatic carbocycles. The van der Waals surface area contributed by atoms with E-state index in [1.165, 1.54) is 11.3 Å². The van der Waals surface area contributed by atoms with Crippen molar-refractivity contribution in [1.29, 1.82) is 0 Å². The molecule has 4 nitrogen and oxygen atoms in total. The SMILES string of the molecule is O=C(Nc1ccccc1)c1csc(-c2cc3ccccc3[nH]2)n1. The normalized spacial score (nSPS) is 10.8. The first-order valence-corrected chi connectivity index (χ1v) is 8.07. The van der Waals surface area contributed by atoms with Crippen LogP contribution in [0.2, 0.25) is 0 Å². The van der Waals surface area contributed by atoms with Crippen LogP contribution in [0.1, 0.15) is 10.5 Å². The first kappa shape index (κ1) is 13.7. The second-order valence-electron chi connectivity index (χ2n) is 5.13. The van der Waals surface area contributed by atoms with Gasteiger partial charge >= 0.3 is 0 Å². The topological polar surface area (TPSA) is 57.8 Å². The molecule has 0 aliphatic heterocycles. The number of nitrogens with one attached hydrogen (secondary N) is 2. The Labute approximate surface area is 136 Å². The Balaban J connectivity index is 1.60. The Kier molecular flexibility index (Phi) is 3.40. The number of benzene rings is 2. The van der Waals surface area contributed by atoms with Gasteiger partial charge in [0.15, 0.2) is 0 Å². The maximum absolute atomic E-state index is 12.3. The highest BCUT2D eigenvalue weighted by atomic mass is 32.1. The van der Waals surface area contributed by atoms with Gasteiger partial charge in [0.1, 0.15) is 10.7 Å². The van der Waals surface area contributed by atoms with Crippen LogP contribution in [0.5, 0.6) is 0 Å². The molecule has 0 bridgehead atoms. The fourth-order valence-electron chi connectivity index (χ4n) is 2.41. The minimum absolute atomic E-state index is 0.199. The number of aromatic amines is 1. The summed E-state index contributed by atoms with van der Waals surface area (Å²) in [7, 11) is 0. The van der Waals surface area contributed by atoms with Crippen LogP contribution in [-0.4, -0.2) is 15.9 Å². The molecular formula is C18H13N3OS. The largest absolute Gasteiger partial charge is 0.353 e. The van der Waals surface area contributed by atoms with Crippen molar-refractivity contribution in [2.45, 2.75) is 0 Å². The molecule has 23 heavy (non-hydrogen) atoms. The first-order chi connectivity index (χ1) is 11.3. The van der Waals surface area contributed by atoms with Gasteiger partial charge in [0.25, 0.3) is 5.91 Å². The van der Waals surface area contributed by atoms with E-state index >= 15 is 0 Å². The summed E-state index contributed by atoms with van der Waals surface area (Å²) >= 11 is 1.45. The number of anilines is 1. The van der Waals surface area contributed by atoms with Crippen LogP contribution in [-0.2, 0) is 0 Å². The zero-order chi connectivity index (χ0) is 15.6. The predicted octanol–water partition coefficient (Wildman–Crippen LogP) is 4.54. The van der Waals surface area contributed by atoms with E-state index in [0.717, 1.165) is 27.3 Å². The number of fused-ring (bicyclic) bond motifs is 1. The summed E-state index contributed by atoms with van der Waals surface area (Å²) in [5.41, 5.74) is 3.17. The highest BCUT2D eigenvalue weighted by Crippen LogP contribution is 2.27. The van der Waals surface area contributed by atoms with Crippen LogP contribution in [0.4, 0.5) is 5.69 Å². The number of carbonyl (C=O) groups is 1. The van der Waals surface area contributed by atoms with Gasteiger partial charge in [-0.25, -0.2) is 4.98 Å². The smallest absolute Gasteiger partial charge is 0.275 e. The van der Waals surface area contributed by atoms with Gasteiger partial charge in [0.2, 0.25) is 0 Å². The molecular weight excluding hydrogens is 306 g/mol. The van der Waals surface area contributed by atoms with Gasteiger partial charge in [-0.2, -0.15) is 0 Å².